The first kappa shape index (κ1) is 24.3. The van der Waals surface area contributed by atoms with Crippen LogP contribution in [-0.4, -0.2) is 28.0 Å². The second kappa shape index (κ2) is 11.5. The van der Waals surface area contributed by atoms with Gasteiger partial charge < -0.3 is 10.1 Å². The number of halogens is 1. The summed E-state index contributed by atoms with van der Waals surface area (Å²) in [6.07, 6.45) is 7.70. The normalized spacial score (nSPS) is 15.0. The van der Waals surface area contributed by atoms with E-state index in [4.69, 9.17) is 16.3 Å². The number of methoxy groups -OCH3 is 1. The molecule has 6 nitrogen and oxygen atoms in total. The molecule has 32 heavy (non-hydrogen) atoms. The molecule has 0 unspecified atom stereocenters. The van der Waals surface area contributed by atoms with E-state index in [1.54, 1.807) is 31.4 Å². The molecule has 2 aromatic carbocycles. The van der Waals surface area contributed by atoms with E-state index in [0.717, 1.165) is 19.3 Å². The molecule has 8 heteroatoms. The molecule has 1 amide bonds. The number of nitrogens with one attached hydrogen (secondary N) is 2. The first-order chi connectivity index (χ1) is 15.4. The molecule has 0 aliphatic heterocycles. The zero-order chi connectivity index (χ0) is 23.0. The summed E-state index contributed by atoms with van der Waals surface area (Å²) < 4.78 is 33.7. The van der Waals surface area contributed by atoms with Crippen LogP contribution in [0, 0.1) is 0 Å². The Bertz CT molecular complexity index is 1030. The Morgan fingerprint density at radius 1 is 1.09 bits per heavy atom. The lowest BCUT2D eigenvalue weighted by Gasteiger charge is -2.20. The van der Waals surface area contributed by atoms with Crippen molar-refractivity contribution < 1.29 is 17.9 Å². The highest BCUT2D eigenvalue weighted by molar-refractivity contribution is 7.89. The number of allylic oxidation sites excluding steroid dienone is 1. The maximum Gasteiger partial charge on any atom is 0.241 e. The van der Waals surface area contributed by atoms with Crippen molar-refractivity contribution >= 4 is 27.5 Å². The molecule has 1 atom stereocenters. The second-order valence-electron chi connectivity index (χ2n) is 7.81. The molecule has 0 fully saturated rings. The van der Waals surface area contributed by atoms with E-state index in [1.807, 2.05) is 0 Å². The summed E-state index contributed by atoms with van der Waals surface area (Å²) in [6.45, 7) is 0.546. The van der Waals surface area contributed by atoms with Crippen LogP contribution in [0.15, 0.2) is 65.1 Å². The molecule has 0 aromatic heterocycles. The molecule has 0 radical (unpaired) electrons. The Labute approximate surface area is 195 Å². The highest BCUT2D eigenvalue weighted by Crippen LogP contribution is 2.24. The fourth-order valence-electron chi connectivity index (χ4n) is 3.68. The van der Waals surface area contributed by atoms with Gasteiger partial charge in [-0.25, -0.2) is 13.1 Å². The highest BCUT2D eigenvalue weighted by Gasteiger charge is 2.24. The summed E-state index contributed by atoms with van der Waals surface area (Å²) >= 11 is 5.88. The van der Waals surface area contributed by atoms with E-state index in [1.165, 1.54) is 42.7 Å². The summed E-state index contributed by atoms with van der Waals surface area (Å²) in [5, 5.41) is 3.38. The lowest BCUT2D eigenvalue weighted by Crippen LogP contribution is -2.34. The molecule has 0 heterocycles. The fourth-order valence-corrected chi connectivity index (χ4v) is 5.04. The third-order valence-electron chi connectivity index (χ3n) is 5.48. The minimum absolute atomic E-state index is 0.0157. The third kappa shape index (κ3) is 7.08. The van der Waals surface area contributed by atoms with Gasteiger partial charge in [0, 0.05) is 18.0 Å². The van der Waals surface area contributed by atoms with Crippen LogP contribution in [0.2, 0.25) is 5.02 Å². The largest absolute Gasteiger partial charge is 0.497 e. The Balaban J connectivity index is 1.70. The van der Waals surface area contributed by atoms with Gasteiger partial charge in [-0.05, 0) is 74.1 Å². The number of benzene rings is 2. The molecule has 2 N–H and O–H groups in total. The van der Waals surface area contributed by atoms with Gasteiger partial charge in [-0.2, -0.15) is 0 Å². The number of ether oxygens (including phenoxy) is 1. The van der Waals surface area contributed by atoms with Crippen molar-refractivity contribution in [2.45, 2.75) is 49.5 Å². The predicted molar refractivity (Wildman–Crippen MR) is 126 cm³/mol. The van der Waals surface area contributed by atoms with Crippen molar-refractivity contribution in [3.8, 4) is 5.75 Å². The van der Waals surface area contributed by atoms with Crippen LogP contribution in [-0.2, 0) is 14.8 Å². The van der Waals surface area contributed by atoms with Gasteiger partial charge in [-0.1, -0.05) is 35.4 Å². The predicted octanol–water partition coefficient (Wildman–Crippen LogP) is 4.77. The van der Waals surface area contributed by atoms with Crippen molar-refractivity contribution in [2.75, 3.05) is 13.7 Å². The van der Waals surface area contributed by atoms with Crippen molar-refractivity contribution in [1.29, 1.82) is 0 Å². The molecule has 2 aromatic rings. The van der Waals surface area contributed by atoms with E-state index < -0.39 is 16.1 Å². The van der Waals surface area contributed by atoms with Crippen molar-refractivity contribution in [2.24, 2.45) is 0 Å². The third-order valence-corrected chi connectivity index (χ3v) is 7.22. The van der Waals surface area contributed by atoms with Gasteiger partial charge in [-0.3, -0.25) is 4.79 Å². The second-order valence-corrected chi connectivity index (χ2v) is 9.96. The van der Waals surface area contributed by atoms with E-state index in [0.29, 0.717) is 22.9 Å². The van der Waals surface area contributed by atoms with Crippen molar-refractivity contribution in [3.05, 3.63) is 70.8 Å². The van der Waals surface area contributed by atoms with E-state index in [-0.39, 0.29) is 17.2 Å². The molecular formula is C24H29ClN2O4S. The van der Waals surface area contributed by atoms with Gasteiger partial charge in [0.15, 0.2) is 0 Å². The standard InChI is InChI=1S/C24H29ClN2O4S/c1-31-21-11-7-19(8-12-21)23(27-32(29,30)22-13-9-20(25)10-14-22)17-24(28)26-16-15-18-5-3-2-4-6-18/h5,7-14,23,27H,2-4,6,15-17H2,1H3,(H,26,28)/t23-/m1/s1. The van der Waals surface area contributed by atoms with Crippen LogP contribution in [0.25, 0.3) is 0 Å². The Hall–Kier alpha value is -2.35. The first-order valence-electron chi connectivity index (χ1n) is 10.7. The average molecular weight is 477 g/mol. The van der Waals surface area contributed by atoms with E-state index in [2.05, 4.69) is 16.1 Å². The smallest absolute Gasteiger partial charge is 0.241 e. The molecule has 1 aliphatic rings. The molecule has 0 saturated carbocycles. The molecule has 0 saturated heterocycles. The van der Waals surface area contributed by atoms with Gasteiger partial charge in [0.1, 0.15) is 5.75 Å². The number of rotatable bonds is 10. The zero-order valence-electron chi connectivity index (χ0n) is 18.1. The van der Waals surface area contributed by atoms with Crippen LogP contribution in [0.3, 0.4) is 0 Å². The first-order valence-corrected chi connectivity index (χ1v) is 12.6. The van der Waals surface area contributed by atoms with Gasteiger partial charge in [0.05, 0.1) is 18.0 Å². The minimum Gasteiger partial charge on any atom is -0.497 e. The lowest BCUT2D eigenvalue weighted by molar-refractivity contribution is -0.121. The van der Waals surface area contributed by atoms with Gasteiger partial charge >= 0.3 is 0 Å². The van der Waals surface area contributed by atoms with E-state index in [9.17, 15) is 13.2 Å². The molecule has 0 spiro atoms. The van der Waals surface area contributed by atoms with Crippen LogP contribution in [0.5, 0.6) is 5.75 Å². The molecule has 0 bridgehead atoms. The molecule has 3 rings (SSSR count). The Kier molecular flexibility index (Phi) is 8.73. The number of carbonyl (C=O) groups excluding carboxylic acids is 1. The van der Waals surface area contributed by atoms with Gasteiger partial charge in [0.2, 0.25) is 15.9 Å². The van der Waals surface area contributed by atoms with Crippen LogP contribution in [0.1, 0.15) is 50.1 Å². The van der Waals surface area contributed by atoms with Gasteiger partial charge in [0.25, 0.3) is 0 Å². The maximum atomic E-state index is 12.9. The number of carbonyl (C=O) groups is 1. The average Bonchev–Trinajstić information content (AvgIpc) is 2.79. The summed E-state index contributed by atoms with van der Waals surface area (Å²) in [4.78, 5) is 12.7. The summed E-state index contributed by atoms with van der Waals surface area (Å²) in [5.74, 6) is 0.444. The van der Waals surface area contributed by atoms with Crippen LogP contribution in [0.4, 0.5) is 0 Å². The highest BCUT2D eigenvalue weighted by atomic mass is 35.5. The summed E-state index contributed by atoms with van der Waals surface area (Å²) in [5.41, 5.74) is 2.06. The number of sulfonamides is 1. The van der Waals surface area contributed by atoms with Gasteiger partial charge in [-0.15, -0.1) is 0 Å². The molecule has 1 aliphatic carbocycles. The maximum absolute atomic E-state index is 12.9. The number of amides is 1. The Morgan fingerprint density at radius 3 is 2.44 bits per heavy atom. The number of hydrogen-bond acceptors (Lipinski definition) is 4. The molecule has 172 valence electrons. The van der Waals surface area contributed by atoms with Crippen molar-refractivity contribution in [3.63, 3.8) is 0 Å². The quantitative estimate of drug-likeness (QED) is 0.484. The lowest BCUT2D eigenvalue weighted by atomic mass is 9.97. The van der Waals surface area contributed by atoms with E-state index >= 15 is 0 Å². The zero-order valence-corrected chi connectivity index (χ0v) is 19.7. The summed E-state index contributed by atoms with van der Waals surface area (Å²) in [7, 11) is -2.29. The topological polar surface area (TPSA) is 84.5 Å². The SMILES string of the molecule is COc1ccc([C@@H](CC(=O)NCCC2=CCCCC2)NS(=O)(=O)c2ccc(Cl)cc2)cc1. The van der Waals surface area contributed by atoms with Crippen LogP contribution >= 0.6 is 11.6 Å². The minimum atomic E-state index is -3.85. The molecular weight excluding hydrogens is 448 g/mol. The van der Waals surface area contributed by atoms with Crippen LogP contribution < -0.4 is 14.8 Å². The monoisotopic (exact) mass is 476 g/mol. The summed E-state index contributed by atoms with van der Waals surface area (Å²) in [6, 6.07) is 12.2. The number of hydrogen-bond donors (Lipinski definition) is 2. The fraction of sp³-hybridized carbons (Fsp3) is 0.375. The Morgan fingerprint density at radius 2 is 1.81 bits per heavy atom. The van der Waals surface area contributed by atoms with Crippen molar-refractivity contribution in [1.82, 2.24) is 10.0 Å².